The van der Waals surface area contributed by atoms with E-state index in [0.29, 0.717) is 15.3 Å². The quantitative estimate of drug-likeness (QED) is 0.838. The third-order valence-electron chi connectivity index (χ3n) is 3.29. The summed E-state index contributed by atoms with van der Waals surface area (Å²) in [6.45, 7) is 0.810. The summed E-state index contributed by atoms with van der Waals surface area (Å²) in [6.07, 6.45) is 4.50. The maximum atomic E-state index is 11.9. The number of nitrogens with one attached hydrogen (secondary N) is 2. The normalized spacial score (nSPS) is 17.4. The molecule has 0 unspecified atom stereocenters. The highest BCUT2D eigenvalue weighted by Gasteiger charge is 2.41. The molecule has 1 aromatic rings. The van der Waals surface area contributed by atoms with Crippen LogP contribution in [0.15, 0.2) is 29.2 Å². The van der Waals surface area contributed by atoms with E-state index in [2.05, 4.69) is 16.3 Å². The monoisotopic (exact) mass is 286 g/mol. The molecule has 0 aliphatic heterocycles. The van der Waals surface area contributed by atoms with Gasteiger partial charge in [0.15, 0.2) is 0 Å². The van der Waals surface area contributed by atoms with Crippen LogP contribution in [-0.2, 0) is 10.0 Å². The first-order chi connectivity index (χ1) is 8.53. The van der Waals surface area contributed by atoms with Crippen LogP contribution in [0.1, 0.15) is 12.8 Å². The average Bonchev–Trinajstić information content (AvgIpc) is 3.17. The number of para-hydroxylation sites is 1. The van der Waals surface area contributed by atoms with E-state index >= 15 is 0 Å². The molecule has 18 heavy (non-hydrogen) atoms. The van der Waals surface area contributed by atoms with Gasteiger partial charge in [-0.05, 0) is 38.3 Å². The van der Waals surface area contributed by atoms with Crippen LogP contribution < -0.4 is 10.0 Å². The summed E-state index contributed by atoms with van der Waals surface area (Å²) in [7, 11) is -1.98. The van der Waals surface area contributed by atoms with E-state index in [1.807, 2.05) is 17.8 Å². The summed E-state index contributed by atoms with van der Waals surface area (Å²) in [5, 5.41) is 3.27. The van der Waals surface area contributed by atoms with Crippen molar-refractivity contribution in [1.29, 1.82) is 0 Å². The van der Waals surface area contributed by atoms with Crippen molar-refractivity contribution in [2.45, 2.75) is 22.5 Å². The predicted octanol–water partition coefficient (Wildman–Crippen LogP) is 1.90. The molecule has 100 valence electrons. The third-order valence-corrected chi connectivity index (χ3v) is 6.18. The van der Waals surface area contributed by atoms with Crippen molar-refractivity contribution in [1.82, 2.24) is 4.72 Å². The molecule has 0 spiro atoms. The second-order valence-electron chi connectivity index (χ2n) is 4.44. The fraction of sp³-hybridized carbons (Fsp3) is 0.500. The molecule has 1 aliphatic rings. The Kier molecular flexibility index (Phi) is 3.89. The van der Waals surface area contributed by atoms with Crippen LogP contribution in [-0.4, -0.2) is 33.0 Å². The first-order valence-electron chi connectivity index (χ1n) is 5.85. The summed E-state index contributed by atoms with van der Waals surface area (Å²) >= 11 is 1.85. The molecule has 0 radical (unpaired) electrons. The molecular formula is C12H18N2O2S2. The van der Waals surface area contributed by atoms with Gasteiger partial charge in [-0.1, -0.05) is 12.1 Å². The maximum Gasteiger partial charge on any atom is 0.242 e. The zero-order valence-corrected chi connectivity index (χ0v) is 12.2. The molecule has 2 N–H and O–H groups in total. The van der Waals surface area contributed by atoms with Crippen LogP contribution in [0, 0.1) is 0 Å². The highest BCUT2D eigenvalue weighted by atomic mass is 32.2. The first-order valence-corrected chi connectivity index (χ1v) is 8.55. The number of thioether (sulfide) groups is 1. The highest BCUT2D eigenvalue weighted by Crippen LogP contribution is 2.47. The van der Waals surface area contributed by atoms with Gasteiger partial charge in [0.1, 0.15) is 4.90 Å². The highest BCUT2D eigenvalue weighted by molar-refractivity contribution is 8.00. The molecule has 0 bridgehead atoms. The molecule has 0 heterocycles. The third kappa shape index (κ3) is 2.81. The van der Waals surface area contributed by atoms with Gasteiger partial charge >= 0.3 is 0 Å². The predicted molar refractivity (Wildman–Crippen MR) is 76.7 cm³/mol. The van der Waals surface area contributed by atoms with Crippen LogP contribution in [0.4, 0.5) is 5.69 Å². The molecule has 1 aromatic carbocycles. The number of sulfonamides is 1. The van der Waals surface area contributed by atoms with Gasteiger partial charge in [-0.2, -0.15) is 11.8 Å². The maximum absolute atomic E-state index is 11.9. The van der Waals surface area contributed by atoms with Crippen molar-refractivity contribution in [3.8, 4) is 0 Å². The number of hydrogen-bond acceptors (Lipinski definition) is 4. The molecule has 1 fully saturated rings. The molecular weight excluding hydrogens is 268 g/mol. The minimum atomic E-state index is -3.40. The van der Waals surface area contributed by atoms with Crippen molar-refractivity contribution in [2.75, 3.05) is 25.2 Å². The van der Waals surface area contributed by atoms with Crippen LogP contribution in [0.5, 0.6) is 0 Å². The van der Waals surface area contributed by atoms with Gasteiger partial charge < -0.3 is 5.32 Å². The fourth-order valence-corrected chi connectivity index (χ4v) is 3.44. The van der Waals surface area contributed by atoms with Crippen LogP contribution in [0.25, 0.3) is 0 Å². The SMILES string of the molecule is CNS(=O)(=O)c1ccccc1NCC1(SC)CC1. The van der Waals surface area contributed by atoms with Gasteiger partial charge in [-0.3, -0.25) is 0 Å². The second-order valence-corrected chi connectivity index (χ2v) is 7.57. The first kappa shape index (κ1) is 13.7. The number of rotatable bonds is 6. The molecule has 0 atom stereocenters. The lowest BCUT2D eigenvalue weighted by Crippen LogP contribution is -2.22. The summed E-state index contributed by atoms with van der Waals surface area (Å²) in [6, 6.07) is 7.00. The van der Waals surface area contributed by atoms with Crippen molar-refractivity contribution in [2.24, 2.45) is 0 Å². The smallest absolute Gasteiger partial charge is 0.242 e. The molecule has 1 aliphatic carbocycles. The van der Waals surface area contributed by atoms with Crippen molar-refractivity contribution in [3.63, 3.8) is 0 Å². The molecule has 4 nitrogen and oxygen atoms in total. The standard InChI is InChI=1S/C12H18N2O2S2/c1-13-18(15,16)11-6-4-3-5-10(11)14-9-12(17-2)7-8-12/h3-6,13-14H,7-9H2,1-2H3. The van der Waals surface area contributed by atoms with E-state index < -0.39 is 10.0 Å². The lowest BCUT2D eigenvalue weighted by Gasteiger charge is -2.16. The lowest BCUT2D eigenvalue weighted by atomic mass is 10.3. The summed E-state index contributed by atoms with van der Waals surface area (Å²) < 4.78 is 26.4. The topological polar surface area (TPSA) is 58.2 Å². The molecule has 0 amide bonds. The molecule has 0 saturated heterocycles. The van der Waals surface area contributed by atoms with Gasteiger partial charge in [0.25, 0.3) is 0 Å². The number of anilines is 1. The van der Waals surface area contributed by atoms with E-state index in [4.69, 9.17) is 0 Å². The van der Waals surface area contributed by atoms with Gasteiger partial charge in [0.05, 0.1) is 5.69 Å². The molecule has 2 rings (SSSR count). The van der Waals surface area contributed by atoms with Gasteiger partial charge in [-0.25, -0.2) is 13.1 Å². The Labute approximate surface area is 113 Å². The minimum absolute atomic E-state index is 0.302. The Bertz CT molecular complexity index is 525. The Morgan fingerprint density at radius 1 is 1.33 bits per heavy atom. The zero-order valence-electron chi connectivity index (χ0n) is 10.6. The average molecular weight is 286 g/mol. The van der Waals surface area contributed by atoms with E-state index in [1.54, 1.807) is 18.2 Å². The van der Waals surface area contributed by atoms with Gasteiger partial charge in [0.2, 0.25) is 10.0 Å². The Morgan fingerprint density at radius 2 is 2.00 bits per heavy atom. The van der Waals surface area contributed by atoms with E-state index in [1.165, 1.54) is 19.9 Å². The zero-order chi connectivity index (χ0) is 13.2. The Morgan fingerprint density at radius 3 is 2.56 bits per heavy atom. The lowest BCUT2D eigenvalue weighted by molar-refractivity contribution is 0.588. The van der Waals surface area contributed by atoms with Crippen molar-refractivity contribution in [3.05, 3.63) is 24.3 Å². The largest absolute Gasteiger partial charge is 0.383 e. The van der Waals surface area contributed by atoms with Crippen LogP contribution in [0.2, 0.25) is 0 Å². The molecule has 6 heteroatoms. The Balaban J connectivity index is 2.18. The number of hydrogen-bond donors (Lipinski definition) is 2. The Hall–Kier alpha value is -0.720. The minimum Gasteiger partial charge on any atom is -0.383 e. The van der Waals surface area contributed by atoms with E-state index in [9.17, 15) is 8.42 Å². The van der Waals surface area contributed by atoms with Gasteiger partial charge in [0, 0.05) is 11.3 Å². The van der Waals surface area contributed by atoms with E-state index in [-0.39, 0.29) is 0 Å². The van der Waals surface area contributed by atoms with Crippen LogP contribution in [0.3, 0.4) is 0 Å². The van der Waals surface area contributed by atoms with Gasteiger partial charge in [-0.15, -0.1) is 0 Å². The van der Waals surface area contributed by atoms with E-state index in [0.717, 1.165) is 6.54 Å². The van der Waals surface area contributed by atoms with Crippen molar-refractivity contribution < 1.29 is 8.42 Å². The van der Waals surface area contributed by atoms with Crippen molar-refractivity contribution >= 4 is 27.5 Å². The molecule has 1 saturated carbocycles. The second kappa shape index (κ2) is 5.11. The fourth-order valence-electron chi connectivity index (χ4n) is 1.81. The summed E-state index contributed by atoms with van der Waals surface area (Å²) in [4.78, 5) is 0.310. The molecule has 0 aromatic heterocycles. The summed E-state index contributed by atoms with van der Waals surface area (Å²) in [5.74, 6) is 0. The van der Waals surface area contributed by atoms with Crippen LogP contribution >= 0.6 is 11.8 Å². The summed E-state index contributed by atoms with van der Waals surface area (Å²) in [5.41, 5.74) is 0.673. The number of benzene rings is 1.